The van der Waals surface area contributed by atoms with Crippen LogP contribution in [0.5, 0.6) is 0 Å². The number of nitrogens with zero attached hydrogens (tertiary/aromatic N) is 2. The summed E-state index contributed by atoms with van der Waals surface area (Å²) in [5.41, 5.74) is 1.99. The van der Waals surface area contributed by atoms with Gasteiger partial charge in [-0.3, -0.25) is 9.78 Å². The summed E-state index contributed by atoms with van der Waals surface area (Å²) in [7, 11) is 1.97. The molecule has 0 aliphatic carbocycles. The van der Waals surface area contributed by atoms with Gasteiger partial charge in [-0.2, -0.15) is 0 Å². The molecular weight excluding hydrogens is 238 g/mol. The van der Waals surface area contributed by atoms with E-state index >= 15 is 0 Å². The molecule has 0 unspecified atom stereocenters. The lowest BCUT2D eigenvalue weighted by molar-refractivity contribution is -0.132. The van der Waals surface area contributed by atoms with Gasteiger partial charge in [-0.25, -0.2) is 0 Å². The number of likely N-dealkylation sites (tertiary alicyclic amines) is 1. The molecule has 2 heterocycles. The van der Waals surface area contributed by atoms with Gasteiger partial charge in [0.1, 0.15) is 0 Å². The van der Waals surface area contributed by atoms with E-state index in [1.165, 1.54) is 6.42 Å². The molecule has 0 saturated carbocycles. The molecule has 19 heavy (non-hydrogen) atoms. The van der Waals surface area contributed by atoms with Crippen molar-refractivity contribution in [3.8, 4) is 0 Å². The Bertz CT molecular complexity index is 414. The van der Waals surface area contributed by atoms with Gasteiger partial charge in [0.2, 0.25) is 5.91 Å². The summed E-state index contributed by atoms with van der Waals surface area (Å²) in [6.07, 6.45) is 4.61. The van der Waals surface area contributed by atoms with E-state index in [1.807, 2.05) is 37.2 Å². The summed E-state index contributed by atoms with van der Waals surface area (Å²) >= 11 is 0. The molecule has 1 amide bonds. The molecule has 2 rings (SSSR count). The standard InChI is InChI=1S/C15H23N3O/c1-12-5-6-13(10-17-12)8-15(19)18-7-3-4-14(11-18)9-16-2/h5-6,10,14,16H,3-4,7-9,11H2,1-2H3/t14-/m0/s1. The minimum absolute atomic E-state index is 0.228. The first-order valence-electron chi connectivity index (χ1n) is 7.03. The number of hydrogen-bond acceptors (Lipinski definition) is 3. The predicted octanol–water partition coefficient (Wildman–Crippen LogP) is 1.39. The lowest BCUT2D eigenvalue weighted by Gasteiger charge is -2.32. The lowest BCUT2D eigenvalue weighted by Crippen LogP contribution is -2.43. The zero-order valence-electron chi connectivity index (χ0n) is 11.9. The molecule has 1 aliphatic rings. The number of aromatic nitrogens is 1. The molecular formula is C15H23N3O. The van der Waals surface area contributed by atoms with Crippen molar-refractivity contribution in [3.05, 3.63) is 29.6 Å². The van der Waals surface area contributed by atoms with Crippen LogP contribution in [0.1, 0.15) is 24.1 Å². The largest absolute Gasteiger partial charge is 0.342 e. The first kappa shape index (κ1) is 14.0. The van der Waals surface area contributed by atoms with Crippen LogP contribution < -0.4 is 5.32 Å². The van der Waals surface area contributed by atoms with Crippen molar-refractivity contribution in [1.82, 2.24) is 15.2 Å². The number of carbonyl (C=O) groups excluding carboxylic acids is 1. The van der Waals surface area contributed by atoms with Crippen molar-refractivity contribution >= 4 is 5.91 Å². The van der Waals surface area contributed by atoms with Crippen LogP contribution in [-0.2, 0) is 11.2 Å². The maximum absolute atomic E-state index is 12.3. The van der Waals surface area contributed by atoms with Crippen LogP contribution in [-0.4, -0.2) is 42.5 Å². The summed E-state index contributed by atoms with van der Waals surface area (Å²) in [4.78, 5) is 18.5. The average molecular weight is 261 g/mol. The van der Waals surface area contributed by atoms with Crippen molar-refractivity contribution in [2.45, 2.75) is 26.2 Å². The van der Waals surface area contributed by atoms with Gasteiger partial charge in [0, 0.05) is 25.0 Å². The topological polar surface area (TPSA) is 45.2 Å². The SMILES string of the molecule is CNC[C@@H]1CCCN(C(=O)Cc2ccc(C)nc2)C1. The molecule has 1 aromatic heterocycles. The number of nitrogens with one attached hydrogen (secondary N) is 1. The first-order chi connectivity index (χ1) is 9.19. The fraction of sp³-hybridized carbons (Fsp3) is 0.600. The maximum Gasteiger partial charge on any atom is 0.227 e. The van der Waals surface area contributed by atoms with Gasteiger partial charge in [0.25, 0.3) is 0 Å². The zero-order chi connectivity index (χ0) is 13.7. The van der Waals surface area contributed by atoms with Crippen molar-refractivity contribution in [3.63, 3.8) is 0 Å². The van der Waals surface area contributed by atoms with Gasteiger partial charge >= 0.3 is 0 Å². The van der Waals surface area contributed by atoms with Gasteiger partial charge in [-0.15, -0.1) is 0 Å². The van der Waals surface area contributed by atoms with E-state index in [9.17, 15) is 4.79 Å². The molecule has 0 radical (unpaired) electrons. The third kappa shape index (κ3) is 4.03. The van der Waals surface area contributed by atoms with Gasteiger partial charge in [-0.1, -0.05) is 6.07 Å². The highest BCUT2D eigenvalue weighted by molar-refractivity contribution is 5.78. The zero-order valence-corrected chi connectivity index (χ0v) is 11.9. The molecule has 1 N–H and O–H groups in total. The molecule has 1 fully saturated rings. The van der Waals surface area contributed by atoms with Crippen molar-refractivity contribution < 1.29 is 4.79 Å². The van der Waals surface area contributed by atoms with Crippen LogP contribution in [0.15, 0.2) is 18.3 Å². The molecule has 0 bridgehead atoms. The van der Waals surface area contributed by atoms with E-state index in [0.29, 0.717) is 12.3 Å². The smallest absolute Gasteiger partial charge is 0.227 e. The van der Waals surface area contributed by atoms with Crippen molar-refractivity contribution in [2.24, 2.45) is 5.92 Å². The number of pyridine rings is 1. The molecule has 1 aromatic rings. The van der Waals surface area contributed by atoms with Gasteiger partial charge < -0.3 is 10.2 Å². The molecule has 0 spiro atoms. The van der Waals surface area contributed by atoms with Gasteiger partial charge in [0.05, 0.1) is 6.42 Å². The Hall–Kier alpha value is -1.42. The van der Waals surface area contributed by atoms with Gasteiger partial charge in [-0.05, 0) is 50.9 Å². The van der Waals surface area contributed by atoms with Crippen LogP contribution in [0.25, 0.3) is 0 Å². The average Bonchev–Trinajstić information content (AvgIpc) is 2.42. The third-order valence-corrected chi connectivity index (χ3v) is 3.69. The fourth-order valence-corrected chi connectivity index (χ4v) is 2.64. The van der Waals surface area contributed by atoms with Crippen LogP contribution in [0.2, 0.25) is 0 Å². The monoisotopic (exact) mass is 261 g/mol. The molecule has 1 saturated heterocycles. The highest BCUT2D eigenvalue weighted by atomic mass is 16.2. The van der Waals surface area contributed by atoms with Crippen LogP contribution in [0.3, 0.4) is 0 Å². The Morgan fingerprint density at radius 3 is 3.05 bits per heavy atom. The highest BCUT2D eigenvalue weighted by Crippen LogP contribution is 2.16. The Morgan fingerprint density at radius 1 is 1.53 bits per heavy atom. The summed E-state index contributed by atoms with van der Waals surface area (Å²) in [6, 6.07) is 3.96. The number of hydrogen-bond donors (Lipinski definition) is 1. The Kier molecular flexibility index (Phi) is 4.91. The summed E-state index contributed by atoms with van der Waals surface area (Å²) < 4.78 is 0. The Labute approximate surface area is 115 Å². The predicted molar refractivity (Wildman–Crippen MR) is 75.9 cm³/mol. The van der Waals surface area contributed by atoms with Gasteiger partial charge in [0.15, 0.2) is 0 Å². The fourth-order valence-electron chi connectivity index (χ4n) is 2.64. The van der Waals surface area contributed by atoms with E-state index in [2.05, 4.69) is 10.3 Å². The number of carbonyl (C=O) groups is 1. The van der Waals surface area contributed by atoms with Crippen molar-refractivity contribution in [1.29, 1.82) is 0 Å². The molecule has 0 aromatic carbocycles. The normalized spacial score (nSPS) is 19.5. The van der Waals surface area contributed by atoms with Crippen LogP contribution in [0, 0.1) is 12.8 Å². The molecule has 104 valence electrons. The number of aryl methyl sites for hydroxylation is 1. The van der Waals surface area contributed by atoms with E-state index < -0.39 is 0 Å². The second-order valence-corrected chi connectivity index (χ2v) is 5.39. The van der Waals surface area contributed by atoms with E-state index in [0.717, 1.165) is 37.3 Å². The van der Waals surface area contributed by atoms with E-state index in [-0.39, 0.29) is 5.91 Å². The molecule has 4 nitrogen and oxygen atoms in total. The van der Waals surface area contributed by atoms with Crippen molar-refractivity contribution in [2.75, 3.05) is 26.7 Å². The third-order valence-electron chi connectivity index (χ3n) is 3.69. The molecule has 4 heteroatoms. The first-order valence-corrected chi connectivity index (χ1v) is 7.03. The summed E-state index contributed by atoms with van der Waals surface area (Å²) in [6.45, 7) is 4.74. The highest BCUT2D eigenvalue weighted by Gasteiger charge is 2.23. The number of piperidine rings is 1. The van der Waals surface area contributed by atoms with E-state index in [4.69, 9.17) is 0 Å². The van der Waals surface area contributed by atoms with Crippen LogP contribution >= 0.6 is 0 Å². The lowest BCUT2D eigenvalue weighted by atomic mass is 9.97. The minimum atomic E-state index is 0.228. The quantitative estimate of drug-likeness (QED) is 0.891. The second-order valence-electron chi connectivity index (χ2n) is 5.39. The molecule has 1 atom stereocenters. The Balaban J connectivity index is 1.90. The minimum Gasteiger partial charge on any atom is -0.342 e. The maximum atomic E-state index is 12.3. The number of amides is 1. The summed E-state index contributed by atoms with van der Waals surface area (Å²) in [5.74, 6) is 0.824. The second kappa shape index (κ2) is 6.66. The number of rotatable bonds is 4. The summed E-state index contributed by atoms with van der Waals surface area (Å²) in [5, 5.41) is 3.20. The van der Waals surface area contributed by atoms with Crippen LogP contribution in [0.4, 0.5) is 0 Å². The van der Waals surface area contributed by atoms with E-state index in [1.54, 1.807) is 0 Å². The molecule has 1 aliphatic heterocycles. The Morgan fingerprint density at radius 2 is 2.37 bits per heavy atom.